The standard InChI is InChI=1S/C43H56N2O5/c1-6-44(7-2)25-24-38-29-45(42(46)50-43(3,4)5)30-40(49-32-34-18-19-35-16-11-12-17-37(35)28-34)41(38)36-20-22-39(23-21-36)48-27-13-26-47-31-33-14-9-8-10-15-33/h8-12,14-23,28,38,40-41H,6-7,13,24-27,29-32H2,1-5H3. The lowest BCUT2D eigenvalue weighted by molar-refractivity contribution is -0.0548. The Hall–Kier alpha value is -3.91. The van der Waals surface area contributed by atoms with Crippen LogP contribution in [0.25, 0.3) is 10.8 Å². The minimum atomic E-state index is -0.573. The lowest BCUT2D eigenvalue weighted by Crippen LogP contribution is -2.53. The number of amides is 1. The average molecular weight is 681 g/mol. The van der Waals surface area contributed by atoms with Gasteiger partial charge in [0, 0.05) is 18.9 Å². The maximum atomic E-state index is 13.5. The second-order valence-corrected chi connectivity index (χ2v) is 14.3. The summed E-state index contributed by atoms with van der Waals surface area (Å²) in [7, 11) is 0. The molecule has 1 aliphatic heterocycles. The van der Waals surface area contributed by atoms with Gasteiger partial charge in [0.15, 0.2) is 0 Å². The summed E-state index contributed by atoms with van der Waals surface area (Å²) in [6.07, 6.45) is 1.27. The number of hydrogen-bond acceptors (Lipinski definition) is 6. The van der Waals surface area contributed by atoms with E-state index in [0.717, 1.165) is 43.8 Å². The number of hydrogen-bond donors (Lipinski definition) is 0. The van der Waals surface area contributed by atoms with Gasteiger partial charge in [0.25, 0.3) is 0 Å². The van der Waals surface area contributed by atoms with E-state index in [2.05, 4.69) is 97.6 Å². The molecule has 0 aliphatic carbocycles. The lowest BCUT2D eigenvalue weighted by atomic mass is 9.76. The molecule has 5 rings (SSSR count). The topological polar surface area (TPSA) is 60.5 Å². The van der Waals surface area contributed by atoms with Crippen molar-refractivity contribution in [2.75, 3.05) is 45.9 Å². The Balaban J connectivity index is 1.31. The van der Waals surface area contributed by atoms with Gasteiger partial charge >= 0.3 is 6.09 Å². The van der Waals surface area contributed by atoms with Crippen molar-refractivity contribution >= 4 is 16.9 Å². The van der Waals surface area contributed by atoms with Crippen molar-refractivity contribution in [3.63, 3.8) is 0 Å². The number of fused-ring (bicyclic) bond motifs is 1. The van der Waals surface area contributed by atoms with E-state index in [1.165, 1.54) is 21.9 Å². The number of likely N-dealkylation sites (tertiary alicyclic amines) is 1. The van der Waals surface area contributed by atoms with E-state index in [9.17, 15) is 4.79 Å². The fourth-order valence-corrected chi connectivity index (χ4v) is 6.82. The zero-order valence-corrected chi connectivity index (χ0v) is 30.7. The summed E-state index contributed by atoms with van der Waals surface area (Å²) in [5, 5.41) is 2.40. The van der Waals surface area contributed by atoms with Crippen LogP contribution in [-0.4, -0.2) is 73.5 Å². The van der Waals surface area contributed by atoms with Crippen LogP contribution >= 0.6 is 0 Å². The summed E-state index contributed by atoms with van der Waals surface area (Å²) in [6, 6.07) is 33.6. The Kier molecular flexibility index (Phi) is 13.7. The van der Waals surface area contributed by atoms with Crippen LogP contribution in [0, 0.1) is 5.92 Å². The summed E-state index contributed by atoms with van der Waals surface area (Å²) in [6.45, 7) is 16.5. The third-order valence-electron chi connectivity index (χ3n) is 9.48. The van der Waals surface area contributed by atoms with E-state index < -0.39 is 5.60 Å². The smallest absolute Gasteiger partial charge is 0.410 e. The van der Waals surface area contributed by atoms with Crippen LogP contribution in [0.5, 0.6) is 5.75 Å². The number of rotatable bonds is 16. The van der Waals surface area contributed by atoms with Gasteiger partial charge in [0.1, 0.15) is 11.4 Å². The van der Waals surface area contributed by atoms with E-state index >= 15 is 0 Å². The van der Waals surface area contributed by atoms with Crippen LogP contribution in [0.2, 0.25) is 0 Å². The van der Waals surface area contributed by atoms with Crippen LogP contribution in [0.1, 0.15) is 70.1 Å². The molecule has 4 aromatic carbocycles. The van der Waals surface area contributed by atoms with E-state index in [0.29, 0.717) is 39.5 Å². The zero-order valence-electron chi connectivity index (χ0n) is 30.7. The van der Waals surface area contributed by atoms with Crippen molar-refractivity contribution in [3.8, 4) is 5.75 Å². The monoisotopic (exact) mass is 680 g/mol. The maximum Gasteiger partial charge on any atom is 0.410 e. The fourth-order valence-electron chi connectivity index (χ4n) is 6.82. The molecule has 1 amide bonds. The van der Waals surface area contributed by atoms with Gasteiger partial charge in [-0.15, -0.1) is 0 Å². The highest BCUT2D eigenvalue weighted by Crippen LogP contribution is 2.39. The number of carbonyl (C=O) groups is 1. The maximum absolute atomic E-state index is 13.5. The number of nitrogens with zero attached hydrogens (tertiary/aromatic N) is 2. The summed E-state index contributed by atoms with van der Waals surface area (Å²) in [4.78, 5) is 17.8. The molecule has 0 saturated carbocycles. The Morgan fingerprint density at radius 2 is 1.52 bits per heavy atom. The molecule has 7 heteroatoms. The molecule has 1 fully saturated rings. The second kappa shape index (κ2) is 18.4. The van der Waals surface area contributed by atoms with Gasteiger partial charge in [0.2, 0.25) is 0 Å². The van der Waals surface area contributed by atoms with Crippen molar-refractivity contribution in [1.29, 1.82) is 0 Å². The zero-order chi connectivity index (χ0) is 35.3. The molecule has 7 nitrogen and oxygen atoms in total. The summed E-state index contributed by atoms with van der Waals surface area (Å²) >= 11 is 0. The highest BCUT2D eigenvalue weighted by atomic mass is 16.6. The van der Waals surface area contributed by atoms with E-state index in [4.69, 9.17) is 18.9 Å². The molecular formula is C43H56N2O5. The first-order chi connectivity index (χ1) is 24.2. The van der Waals surface area contributed by atoms with Gasteiger partial charge in [-0.25, -0.2) is 4.79 Å². The number of piperidine rings is 1. The normalized spacial score (nSPS) is 18.0. The van der Waals surface area contributed by atoms with Crippen LogP contribution < -0.4 is 4.74 Å². The first-order valence-electron chi connectivity index (χ1n) is 18.4. The highest BCUT2D eigenvalue weighted by Gasteiger charge is 2.41. The first kappa shape index (κ1) is 37.3. The largest absolute Gasteiger partial charge is 0.494 e. The number of benzene rings is 4. The third kappa shape index (κ3) is 11.0. The Morgan fingerprint density at radius 3 is 2.24 bits per heavy atom. The Morgan fingerprint density at radius 1 is 0.800 bits per heavy atom. The van der Waals surface area contributed by atoms with Crippen LogP contribution in [0.3, 0.4) is 0 Å². The van der Waals surface area contributed by atoms with Crippen molar-refractivity contribution in [2.45, 2.75) is 78.3 Å². The summed E-state index contributed by atoms with van der Waals surface area (Å²) in [5.74, 6) is 1.13. The average Bonchev–Trinajstić information content (AvgIpc) is 3.12. The van der Waals surface area contributed by atoms with Gasteiger partial charge in [-0.1, -0.05) is 92.7 Å². The first-order valence-corrected chi connectivity index (χ1v) is 18.4. The minimum Gasteiger partial charge on any atom is -0.494 e. The molecule has 268 valence electrons. The van der Waals surface area contributed by atoms with Gasteiger partial charge < -0.3 is 28.7 Å². The van der Waals surface area contributed by atoms with Crippen LogP contribution in [-0.2, 0) is 27.4 Å². The van der Waals surface area contributed by atoms with Crippen molar-refractivity contribution < 1.29 is 23.7 Å². The summed E-state index contributed by atoms with van der Waals surface area (Å²) < 4.78 is 24.7. The molecule has 1 heterocycles. The molecule has 3 atom stereocenters. The van der Waals surface area contributed by atoms with Crippen molar-refractivity contribution in [2.24, 2.45) is 5.92 Å². The van der Waals surface area contributed by atoms with E-state index in [-0.39, 0.29) is 24.0 Å². The van der Waals surface area contributed by atoms with Crippen LogP contribution in [0.15, 0.2) is 97.1 Å². The summed E-state index contributed by atoms with van der Waals surface area (Å²) in [5.41, 5.74) is 2.93. The quantitative estimate of drug-likeness (QED) is 0.110. The molecule has 50 heavy (non-hydrogen) atoms. The molecule has 0 bridgehead atoms. The van der Waals surface area contributed by atoms with Gasteiger partial charge in [-0.05, 0) is 98.4 Å². The van der Waals surface area contributed by atoms with Crippen LogP contribution in [0.4, 0.5) is 4.79 Å². The Labute approximate surface area is 299 Å². The third-order valence-corrected chi connectivity index (χ3v) is 9.48. The van der Waals surface area contributed by atoms with Gasteiger partial charge in [-0.3, -0.25) is 0 Å². The molecule has 1 aliphatic rings. The van der Waals surface area contributed by atoms with E-state index in [1.807, 2.05) is 43.9 Å². The SMILES string of the molecule is CCN(CC)CCC1CN(C(=O)OC(C)(C)C)CC(OCc2ccc3ccccc3c2)C1c1ccc(OCCCOCc2ccccc2)cc1. The van der Waals surface area contributed by atoms with Gasteiger partial charge in [0.05, 0.1) is 39.1 Å². The highest BCUT2D eigenvalue weighted by molar-refractivity contribution is 5.82. The molecule has 4 aromatic rings. The minimum absolute atomic E-state index is 0.102. The number of carbonyl (C=O) groups excluding carboxylic acids is 1. The molecule has 0 aromatic heterocycles. The molecule has 1 saturated heterocycles. The molecule has 0 spiro atoms. The number of ether oxygens (including phenoxy) is 4. The molecule has 3 unspecified atom stereocenters. The molecule has 0 N–H and O–H groups in total. The van der Waals surface area contributed by atoms with Crippen molar-refractivity contribution in [3.05, 3.63) is 114 Å². The second-order valence-electron chi connectivity index (χ2n) is 14.3. The van der Waals surface area contributed by atoms with Gasteiger partial charge in [-0.2, -0.15) is 0 Å². The predicted molar refractivity (Wildman–Crippen MR) is 202 cm³/mol. The fraction of sp³-hybridized carbons (Fsp3) is 0.465. The molecular weight excluding hydrogens is 624 g/mol. The molecule has 0 radical (unpaired) electrons. The lowest BCUT2D eigenvalue weighted by Gasteiger charge is -2.44. The van der Waals surface area contributed by atoms with Crippen molar-refractivity contribution in [1.82, 2.24) is 9.80 Å². The predicted octanol–water partition coefficient (Wildman–Crippen LogP) is 9.09. The van der Waals surface area contributed by atoms with E-state index in [1.54, 1.807) is 0 Å². The Bertz CT molecular complexity index is 1600.